The zero-order valence-electron chi connectivity index (χ0n) is 23.3. The lowest BCUT2D eigenvalue weighted by atomic mass is 9.58. The summed E-state index contributed by atoms with van der Waals surface area (Å²) in [7, 11) is -1.01. The number of phenolic OH excluding ortho intramolecular Hbond substituents is 1. The third-order valence-corrected chi connectivity index (χ3v) is 8.79. The standard InChI is InChI=1S/C30H39BClNO7/c1-3-7-19(15-20-10-11-21(34)16-24(20)32)9-12-25-27-18(2)14-22-28(23(27)17-31(39)40-25)30(38)33(29(22)37)13-6-4-5-8-26(35)36/h10-11,15-16,22-23,25,28,34,39H,3-9,12-14,17H2,1-2H3,(H,35,36)/b19-15+/t22-,23+,25-,28-/m1/s1. The van der Waals surface area contributed by atoms with Crippen molar-refractivity contribution in [3.8, 4) is 5.75 Å². The molecular weight excluding hydrogens is 533 g/mol. The van der Waals surface area contributed by atoms with Crippen LogP contribution in [0.25, 0.3) is 6.08 Å². The molecule has 4 rings (SSSR count). The number of aromatic hydroxyl groups is 1. The molecule has 1 aromatic carbocycles. The highest BCUT2D eigenvalue weighted by atomic mass is 35.5. The largest absolute Gasteiger partial charge is 0.508 e. The second-order valence-electron chi connectivity index (χ2n) is 11.3. The Kier molecular flexibility index (Phi) is 10.1. The maximum atomic E-state index is 13.5. The van der Waals surface area contributed by atoms with E-state index in [-0.39, 0.29) is 42.3 Å². The van der Waals surface area contributed by atoms with Crippen LogP contribution in [0.2, 0.25) is 11.3 Å². The highest BCUT2D eigenvalue weighted by Crippen LogP contribution is 2.50. The Morgan fingerprint density at radius 2 is 1.93 bits per heavy atom. The summed E-state index contributed by atoms with van der Waals surface area (Å²) in [6.45, 7) is 4.43. The molecule has 0 radical (unpaired) electrons. The monoisotopic (exact) mass is 571 g/mol. The fourth-order valence-corrected chi connectivity index (χ4v) is 6.92. The molecule has 1 aliphatic carbocycles. The van der Waals surface area contributed by atoms with Crippen LogP contribution in [0.5, 0.6) is 5.75 Å². The van der Waals surface area contributed by atoms with Gasteiger partial charge >= 0.3 is 13.1 Å². The molecule has 4 atom stereocenters. The van der Waals surface area contributed by atoms with Crippen molar-refractivity contribution in [2.45, 2.75) is 84.1 Å². The molecule has 0 spiro atoms. The van der Waals surface area contributed by atoms with E-state index in [9.17, 15) is 24.5 Å². The highest BCUT2D eigenvalue weighted by Gasteiger charge is 2.56. The number of imide groups is 1. The van der Waals surface area contributed by atoms with E-state index in [1.165, 1.54) is 16.5 Å². The van der Waals surface area contributed by atoms with Gasteiger partial charge in [0, 0.05) is 13.0 Å². The second kappa shape index (κ2) is 13.4. The van der Waals surface area contributed by atoms with Gasteiger partial charge in [-0.15, -0.1) is 0 Å². The number of halogens is 1. The maximum Gasteiger partial charge on any atom is 0.455 e. The number of allylic oxidation sites excluding steroid dienone is 2. The summed E-state index contributed by atoms with van der Waals surface area (Å²) in [5, 5.41) is 29.7. The lowest BCUT2D eigenvalue weighted by Gasteiger charge is -2.42. The van der Waals surface area contributed by atoms with E-state index in [1.807, 2.05) is 13.0 Å². The van der Waals surface area contributed by atoms with Crippen LogP contribution in [0, 0.1) is 17.8 Å². The van der Waals surface area contributed by atoms with Gasteiger partial charge in [-0.1, -0.05) is 48.6 Å². The molecule has 1 aromatic rings. The number of hydrogen-bond acceptors (Lipinski definition) is 6. The number of carbonyl (C=O) groups is 3. The van der Waals surface area contributed by atoms with Gasteiger partial charge in [-0.2, -0.15) is 0 Å². The number of carbonyl (C=O) groups excluding carboxylic acids is 2. The summed E-state index contributed by atoms with van der Waals surface area (Å²) < 4.78 is 6.05. The van der Waals surface area contributed by atoms with Crippen LogP contribution in [0.15, 0.2) is 34.9 Å². The first-order valence-corrected chi connectivity index (χ1v) is 14.8. The summed E-state index contributed by atoms with van der Waals surface area (Å²) in [6, 6.07) is 4.92. The lowest BCUT2D eigenvalue weighted by Crippen LogP contribution is -2.46. The first-order chi connectivity index (χ1) is 19.1. The van der Waals surface area contributed by atoms with Gasteiger partial charge in [-0.25, -0.2) is 0 Å². The number of carboxylic acids is 1. The number of nitrogens with zero attached hydrogens (tertiary/aromatic N) is 1. The molecule has 216 valence electrons. The van der Waals surface area contributed by atoms with Gasteiger partial charge in [0.15, 0.2) is 0 Å². The number of aliphatic carboxylic acids is 1. The van der Waals surface area contributed by atoms with Crippen LogP contribution in [0.1, 0.15) is 77.2 Å². The molecule has 8 nitrogen and oxygen atoms in total. The Labute approximate surface area is 241 Å². The summed E-state index contributed by atoms with van der Waals surface area (Å²) in [5.41, 5.74) is 4.13. The van der Waals surface area contributed by atoms with Crippen LogP contribution in [-0.4, -0.2) is 57.7 Å². The first-order valence-electron chi connectivity index (χ1n) is 14.4. The van der Waals surface area contributed by atoms with E-state index in [2.05, 4.69) is 6.92 Å². The third-order valence-electron chi connectivity index (χ3n) is 8.46. The molecule has 2 heterocycles. The van der Waals surface area contributed by atoms with Crippen LogP contribution >= 0.6 is 11.6 Å². The maximum absolute atomic E-state index is 13.5. The van der Waals surface area contributed by atoms with Crippen molar-refractivity contribution in [1.29, 1.82) is 0 Å². The third kappa shape index (κ3) is 6.81. The van der Waals surface area contributed by atoms with E-state index >= 15 is 0 Å². The number of carboxylic acid groups (broad SMARTS) is 1. The Bertz CT molecular complexity index is 1200. The van der Waals surface area contributed by atoms with Crippen LogP contribution in [-0.2, 0) is 19.0 Å². The molecule has 0 aromatic heterocycles. The van der Waals surface area contributed by atoms with Crippen molar-refractivity contribution in [3.63, 3.8) is 0 Å². The van der Waals surface area contributed by atoms with E-state index < -0.39 is 24.9 Å². The minimum atomic E-state index is -1.01. The van der Waals surface area contributed by atoms with Gasteiger partial charge in [0.2, 0.25) is 11.8 Å². The number of phenols is 1. The molecule has 2 amide bonds. The van der Waals surface area contributed by atoms with Gasteiger partial charge in [0.1, 0.15) is 5.75 Å². The molecule has 40 heavy (non-hydrogen) atoms. The average molecular weight is 572 g/mol. The summed E-state index contributed by atoms with van der Waals surface area (Å²) in [6.07, 6.45) is 7.49. The number of unbranched alkanes of at least 4 members (excludes halogenated alkanes) is 2. The topological polar surface area (TPSA) is 124 Å². The molecule has 2 saturated heterocycles. The average Bonchev–Trinajstić information content (AvgIpc) is 3.12. The minimum Gasteiger partial charge on any atom is -0.508 e. The molecule has 3 aliphatic rings. The van der Waals surface area contributed by atoms with Crippen molar-refractivity contribution in [1.82, 2.24) is 4.90 Å². The number of fused-ring (bicyclic) bond motifs is 3. The van der Waals surface area contributed by atoms with Crippen molar-refractivity contribution in [2.24, 2.45) is 17.8 Å². The van der Waals surface area contributed by atoms with Crippen LogP contribution in [0.3, 0.4) is 0 Å². The van der Waals surface area contributed by atoms with Gasteiger partial charge in [0.05, 0.1) is 23.0 Å². The molecule has 2 fully saturated rings. The Hall–Kier alpha value is -2.62. The minimum absolute atomic E-state index is 0.0815. The normalized spacial score (nSPS) is 24.9. The van der Waals surface area contributed by atoms with Crippen molar-refractivity contribution in [2.75, 3.05) is 6.54 Å². The molecule has 0 bridgehead atoms. The summed E-state index contributed by atoms with van der Waals surface area (Å²) >= 11 is 6.34. The van der Waals surface area contributed by atoms with Crippen molar-refractivity contribution < 1.29 is 34.3 Å². The Morgan fingerprint density at radius 3 is 2.62 bits per heavy atom. The fraction of sp³-hybridized carbons (Fsp3) is 0.567. The SMILES string of the molecule is CCC/C(=C\c1ccc(O)cc1Cl)CC[C@H]1OB(O)C[C@H]2C1=C(C)C[C@H]1C(=O)N(CCCCCC(=O)O)C(=O)[C@H]12. The Morgan fingerprint density at radius 1 is 1.15 bits per heavy atom. The number of benzene rings is 1. The molecule has 3 N–H and O–H groups in total. The number of amides is 2. The second-order valence-corrected chi connectivity index (χ2v) is 11.7. The summed E-state index contributed by atoms with van der Waals surface area (Å²) in [4.78, 5) is 38.9. The molecule has 0 saturated carbocycles. The van der Waals surface area contributed by atoms with E-state index in [4.69, 9.17) is 21.4 Å². The predicted molar refractivity (Wildman–Crippen MR) is 153 cm³/mol. The zero-order valence-corrected chi connectivity index (χ0v) is 24.0. The van der Waals surface area contributed by atoms with Gasteiger partial charge in [-0.3, -0.25) is 19.3 Å². The number of rotatable bonds is 12. The Balaban J connectivity index is 1.48. The molecule has 2 aliphatic heterocycles. The first kappa shape index (κ1) is 30.3. The van der Waals surface area contributed by atoms with Gasteiger partial charge < -0.3 is 19.9 Å². The highest BCUT2D eigenvalue weighted by molar-refractivity contribution is 6.43. The summed E-state index contributed by atoms with van der Waals surface area (Å²) in [5.74, 6) is -2.21. The van der Waals surface area contributed by atoms with E-state index in [0.29, 0.717) is 43.7 Å². The quantitative estimate of drug-likeness (QED) is 0.131. The molecule has 0 unspecified atom stereocenters. The molecule has 10 heteroatoms. The fourth-order valence-electron chi connectivity index (χ4n) is 6.69. The predicted octanol–water partition coefficient (Wildman–Crippen LogP) is 5.47. The van der Waals surface area contributed by atoms with Crippen LogP contribution < -0.4 is 0 Å². The van der Waals surface area contributed by atoms with Gasteiger partial charge in [-0.05, 0) is 87.0 Å². The number of likely N-dealkylation sites (tertiary alicyclic amines) is 1. The lowest BCUT2D eigenvalue weighted by molar-refractivity contribution is -0.141. The number of hydrogen-bond donors (Lipinski definition) is 3. The van der Waals surface area contributed by atoms with Crippen molar-refractivity contribution >= 4 is 42.6 Å². The molecular formula is C30H39BClNO7. The van der Waals surface area contributed by atoms with E-state index in [1.54, 1.807) is 12.1 Å². The van der Waals surface area contributed by atoms with E-state index in [0.717, 1.165) is 36.0 Å². The van der Waals surface area contributed by atoms with Crippen molar-refractivity contribution in [3.05, 3.63) is 45.5 Å². The van der Waals surface area contributed by atoms with Crippen LogP contribution in [0.4, 0.5) is 0 Å². The zero-order chi connectivity index (χ0) is 29.0. The smallest absolute Gasteiger partial charge is 0.455 e. The van der Waals surface area contributed by atoms with Gasteiger partial charge in [0.25, 0.3) is 0 Å².